The van der Waals surface area contributed by atoms with E-state index in [1.54, 1.807) is 6.07 Å². The molecule has 0 spiro atoms. The van der Waals surface area contributed by atoms with Gasteiger partial charge in [0, 0.05) is 30.3 Å². The second-order valence-electron chi connectivity index (χ2n) is 9.26. The van der Waals surface area contributed by atoms with Gasteiger partial charge >= 0.3 is 12.2 Å². The molecule has 0 radical (unpaired) electrons. The lowest BCUT2D eigenvalue weighted by Crippen LogP contribution is -2.44. The molecule has 0 atom stereocenters. The Kier molecular flexibility index (Phi) is 7.19. The fourth-order valence-corrected chi connectivity index (χ4v) is 4.27. The van der Waals surface area contributed by atoms with E-state index in [2.05, 4.69) is 0 Å². The van der Waals surface area contributed by atoms with E-state index in [0.29, 0.717) is 21.3 Å². The summed E-state index contributed by atoms with van der Waals surface area (Å²) in [5, 5.41) is 20.2. The third-order valence-electron chi connectivity index (χ3n) is 6.36. The first kappa shape index (κ1) is 27.4. The predicted molar refractivity (Wildman–Crippen MR) is 131 cm³/mol. The first-order chi connectivity index (χ1) is 18.3. The summed E-state index contributed by atoms with van der Waals surface area (Å²) in [5.41, 5.74) is -2.71. The summed E-state index contributed by atoms with van der Waals surface area (Å²) < 4.78 is 61.0. The Morgan fingerprint density at radius 3 is 2.38 bits per heavy atom. The molecule has 1 aliphatic heterocycles. The van der Waals surface area contributed by atoms with Crippen LogP contribution in [0.4, 0.5) is 28.0 Å². The van der Waals surface area contributed by atoms with Crippen LogP contribution in [0.2, 0.25) is 0 Å². The van der Waals surface area contributed by atoms with Crippen molar-refractivity contribution in [3.8, 4) is 22.9 Å². The van der Waals surface area contributed by atoms with Crippen molar-refractivity contribution in [3.63, 3.8) is 0 Å². The Bertz CT molecular complexity index is 1470. The maximum Gasteiger partial charge on any atom is 0.417 e. The Balaban J connectivity index is 1.43. The van der Waals surface area contributed by atoms with Crippen molar-refractivity contribution in [1.29, 1.82) is 5.26 Å². The highest BCUT2D eigenvalue weighted by atomic mass is 19.4. The number of amides is 3. The van der Waals surface area contributed by atoms with Gasteiger partial charge in [-0.1, -0.05) is 0 Å². The van der Waals surface area contributed by atoms with E-state index in [0.717, 1.165) is 12.1 Å². The summed E-state index contributed by atoms with van der Waals surface area (Å²) in [6, 6.07) is 10.5. The lowest BCUT2D eigenvalue weighted by Gasteiger charge is -2.27. The lowest BCUT2D eigenvalue weighted by atomic mass is 10.0. The van der Waals surface area contributed by atoms with E-state index in [4.69, 9.17) is 10.00 Å². The van der Waals surface area contributed by atoms with Crippen molar-refractivity contribution in [2.24, 2.45) is 0 Å². The van der Waals surface area contributed by atoms with Crippen LogP contribution in [-0.2, 0) is 11.0 Å². The normalized spacial score (nSPS) is 15.0. The van der Waals surface area contributed by atoms with Crippen molar-refractivity contribution >= 4 is 17.6 Å². The molecule has 2 heterocycles. The van der Waals surface area contributed by atoms with Gasteiger partial charge < -0.3 is 14.8 Å². The quantitative estimate of drug-likeness (QED) is 0.137. The van der Waals surface area contributed by atoms with E-state index in [9.17, 15) is 32.4 Å². The maximum absolute atomic E-state index is 14.6. The monoisotopic (exact) mass is 542 g/mol. The minimum absolute atomic E-state index is 0.0380. The Morgan fingerprint density at radius 1 is 1.08 bits per heavy atom. The molecule has 0 unspecified atom stereocenters. The number of hydrogen-bond donors (Lipinski definition) is 0. The summed E-state index contributed by atoms with van der Waals surface area (Å²) in [4.78, 5) is 28.1. The lowest BCUT2D eigenvalue weighted by molar-refractivity contribution is -0.605. The number of aromatic nitrogens is 1. The molecule has 1 aliphatic rings. The van der Waals surface area contributed by atoms with Crippen molar-refractivity contribution in [2.75, 3.05) is 18.1 Å². The summed E-state index contributed by atoms with van der Waals surface area (Å²) in [6.07, 6.45) is -2.10. The largest absolute Gasteiger partial charge is 0.619 e. The molecule has 3 amide bonds. The number of anilines is 1. The van der Waals surface area contributed by atoms with E-state index in [1.165, 1.54) is 61.5 Å². The zero-order valence-electron chi connectivity index (χ0n) is 20.8. The molecule has 8 nitrogen and oxygen atoms in total. The number of carbonyl (C=O) groups excluding carboxylic acids is 2. The van der Waals surface area contributed by atoms with Gasteiger partial charge in [-0.2, -0.15) is 23.2 Å². The molecule has 0 N–H and O–H groups in total. The van der Waals surface area contributed by atoms with Gasteiger partial charge in [-0.15, -0.1) is 0 Å². The SMILES string of the molecule is CC1(C)C(=O)N(c2ccc(C#N)c(C(F)(F)F)c2)C(=O)N1CCCOc1ccc(-c2cc[n+]([O-])cc2)c(F)c1. The smallest absolute Gasteiger partial charge is 0.417 e. The number of halogens is 4. The van der Waals surface area contributed by atoms with Gasteiger partial charge in [0.25, 0.3) is 5.91 Å². The first-order valence-corrected chi connectivity index (χ1v) is 11.7. The number of benzene rings is 2. The number of carbonyl (C=O) groups is 2. The highest BCUT2D eigenvalue weighted by Gasteiger charge is 2.52. The highest BCUT2D eigenvalue weighted by Crippen LogP contribution is 2.37. The van der Waals surface area contributed by atoms with Gasteiger partial charge in [0.2, 0.25) is 0 Å². The van der Waals surface area contributed by atoms with Crippen LogP contribution < -0.4 is 14.4 Å². The standard InChI is InChI=1S/C27H22F4N4O4/c1-26(2)24(36)35(19-5-4-18(16-32)22(14-19)27(29,30)31)25(37)34(26)10-3-13-39-20-6-7-21(23(28)15-20)17-8-11-33(38)12-9-17/h4-9,11-12,14-15H,3,10,13H2,1-2H3. The van der Waals surface area contributed by atoms with Crippen LogP contribution in [0.5, 0.6) is 5.75 Å². The Hall–Kier alpha value is -4.66. The number of ether oxygens (including phenoxy) is 1. The predicted octanol–water partition coefficient (Wildman–Crippen LogP) is 5.03. The third kappa shape index (κ3) is 5.34. The van der Waals surface area contributed by atoms with Crippen LogP contribution in [0.1, 0.15) is 31.4 Å². The van der Waals surface area contributed by atoms with Gasteiger partial charge in [-0.25, -0.2) is 14.1 Å². The van der Waals surface area contributed by atoms with Gasteiger partial charge in [0.15, 0.2) is 12.4 Å². The molecule has 2 aromatic carbocycles. The van der Waals surface area contributed by atoms with Crippen molar-refractivity contribution in [3.05, 3.63) is 83.1 Å². The number of nitriles is 1. The molecular formula is C27H22F4N4O4. The fraction of sp³-hybridized carbons (Fsp3) is 0.259. The second kappa shape index (κ2) is 10.2. The Morgan fingerprint density at radius 2 is 1.77 bits per heavy atom. The van der Waals surface area contributed by atoms with Gasteiger partial charge in [-0.3, -0.25) is 4.79 Å². The molecule has 39 heavy (non-hydrogen) atoms. The van der Waals surface area contributed by atoms with E-state index < -0.39 is 40.6 Å². The van der Waals surface area contributed by atoms with E-state index in [1.807, 2.05) is 0 Å². The number of imide groups is 1. The molecule has 1 fully saturated rings. The number of rotatable bonds is 7. The summed E-state index contributed by atoms with van der Waals surface area (Å²) in [7, 11) is 0. The minimum atomic E-state index is -4.85. The van der Waals surface area contributed by atoms with Crippen molar-refractivity contribution in [2.45, 2.75) is 32.0 Å². The van der Waals surface area contributed by atoms with Crippen LogP contribution in [0, 0.1) is 22.4 Å². The fourth-order valence-electron chi connectivity index (χ4n) is 4.27. The maximum atomic E-state index is 14.6. The van der Waals surface area contributed by atoms with Crippen LogP contribution in [0.15, 0.2) is 60.9 Å². The van der Waals surface area contributed by atoms with Gasteiger partial charge in [0.1, 0.15) is 17.1 Å². The van der Waals surface area contributed by atoms with Crippen LogP contribution >= 0.6 is 0 Å². The molecule has 202 valence electrons. The molecular weight excluding hydrogens is 520 g/mol. The molecule has 1 saturated heterocycles. The first-order valence-electron chi connectivity index (χ1n) is 11.7. The second-order valence-corrected chi connectivity index (χ2v) is 9.26. The van der Waals surface area contributed by atoms with Crippen LogP contribution in [-0.4, -0.2) is 35.5 Å². The van der Waals surface area contributed by atoms with E-state index >= 15 is 0 Å². The average molecular weight is 542 g/mol. The van der Waals surface area contributed by atoms with Crippen LogP contribution in [0.25, 0.3) is 11.1 Å². The number of pyridine rings is 1. The molecule has 0 aliphatic carbocycles. The molecule has 1 aromatic heterocycles. The summed E-state index contributed by atoms with van der Waals surface area (Å²) in [6.45, 7) is 3.06. The molecule has 12 heteroatoms. The number of alkyl halides is 3. The number of urea groups is 1. The number of hydrogen-bond acceptors (Lipinski definition) is 5. The van der Waals surface area contributed by atoms with Gasteiger partial charge in [0.05, 0.1) is 29.5 Å². The molecule has 3 aromatic rings. The Labute approximate surface area is 220 Å². The van der Waals surface area contributed by atoms with Crippen molar-refractivity contribution < 1.29 is 36.6 Å². The zero-order valence-corrected chi connectivity index (χ0v) is 20.8. The van der Waals surface area contributed by atoms with Crippen molar-refractivity contribution in [1.82, 2.24) is 4.90 Å². The average Bonchev–Trinajstić information content (AvgIpc) is 3.05. The topological polar surface area (TPSA) is 101 Å². The zero-order chi connectivity index (χ0) is 28.5. The third-order valence-corrected chi connectivity index (χ3v) is 6.36. The van der Waals surface area contributed by atoms with Gasteiger partial charge in [-0.05, 0) is 56.2 Å². The molecule has 0 bridgehead atoms. The molecule has 4 rings (SSSR count). The summed E-state index contributed by atoms with van der Waals surface area (Å²) in [5.74, 6) is -1.05. The van der Waals surface area contributed by atoms with Crippen LogP contribution in [0.3, 0.4) is 0 Å². The summed E-state index contributed by atoms with van der Waals surface area (Å²) >= 11 is 0. The number of nitrogens with zero attached hydrogens (tertiary/aromatic N) is 4. The van der Waals surface area contributed by atoms with E-state index in [-0.39, 0.29) is 36.6 Å². The molecule has 0 saturated carbocycles. The highest BCUT2D eigenvalue weighted by molar-refractivity contribution is 6.23. The minimum Gasteiger partial charge on any atom is -0.619 e.